The van der Waals surface area contributed by atoms with Crippen molar-refractivity contribution in [3.8, 4) is 23.0 Å². The van der Waals surface area contributed by atoms with Crippen LogP contribution in [0.2, 0.25) is 5.02 Å². The number of nitrogens with zero attached hydrogens (tertiary/aromatic N) is 8. The molecule has 6 aliphatic rings. The molecule has 0 saturated carbocycles. The number of halogens is 6. The number of phenolic OH excluding ortho intramolecular Hbond substituents is 1. The first-order valence-corrected chi connectivity index (χ1v) is 39.2. The quantitative estimate of drug-likeness (QED) is 0.107. The van der Waals surface area contributed by atoms with E-state index in [0.29, 0.717) is 162 Å². The molecular formula is C89H100ClF5N8O12. The second-order valence-electron chi connectivity index (χ2n) is 31.1. The van der Waals surface area contributed by atoms with Crippen molar-refractivity contribution in [1.29, 1.82) is 0 Å². The van der Waals surface area contributed by atoms with Gasteiger partial charge in [0.25, 0.3) is 0 Å². The Morgan fingerprint density at radius 3 is 1.02 bits per heavy atom. The van der Waals surface area contributed by atoms with E-state index in [1.807, 2.05) is 71.9 Å². The van der Waals surface area contributed by atoms with E-state index in [9.17, 15) is 55.8 Å². The molecule has 0 aliphatic carbocycles. The number of methoxy groups -OCH3 is 3. The number of hydrogen-bond acceptors (Lipinski definition) is 14. The number of carbonyl (C=O) groups is 6. The van der Waals surface area contributed by atoms with Crippen LogP contribution in [0.25, 0.3) is 0 Å². The molecule has 6 aliphatic heterocycles. The second-order valence-corrected chi connectivity index (χ2v) is 31.5. The van der Waals surface area contributed by atoms with E-state index in [4.69, 9.17) is 35.3 Å². The Bertz CT molecular complexity index is 4720. The van der Waals surface area contributed by atoms with Gasteiger partial charge < -0.3 is 68.0 Å². The lowest BCUT2D eigenvalue weighted by Crippen LogP contribution is -2.50. The lowest BCUT2D eigenvalue weighted by molar-refractivity contribution is -0.119. The van der Waals surface area contributed by atoms with Crippen LogP contribution in [-0.2, 0) is 80.5 Å². The first-order chi connectivity index (χ1) is 54.9. The summed E-state index contributed by atoms with van der Waals surface area (Å²) in [5, 5.41) is 11.4. The van der Waals surface area contributed by atoms with Gasteiger partial charge in [0.2, 0.25) is 23.6 Å². The molecule has 0 unspecified atom stereocenters. The summed E-state index contributed by atoms with van der Waals surface area (Å²) >= 11 is 6.20. The molecule has 8 aromatic carbocycles. The molecule has 2 fully saturated rings. The van der Waals surface area contributed by atoms with E-state index in [1.165, 1.54) is 61.7 Å². The molecular weight excluding hydrogens is 1500 g/mol. The summed E-state index contributed by atoms with van der Waals surface area (Å²) in [5.74, 6) is -0.406. The summed E-state index contributed by atoms with van der Waals surface area (Å²) in [4.78, 5) is 89.9. The van der Waals surface area contributed by atoms with Crippen LogP contribution in [0, 0.1) is 29.1 Å². The molecule has 0 spiro atoms. The van der Waals surface area contributed by atoms with Gasteiger partial charge in [-0.05, 0) is 210 Å². The van der Waals surface area contributed by atoms with Crippen LogP contribution in [0.15, 0.2) is 146 Å². The molecule has 26 heteroatoms. The van der Waals surface area contributed by atoms with Gasteiger partial charge in [-0.1, -0.05) is 60.1 Å². The number of aromatic hydroxyl groups is 1. The molecule has 0 atom stereocenters. The van der Waals surface area contributed by atoms with Crippen LogP contribution in [0.4, 0.5) is 65.7 Å². The van der Waals surface area contributed by atoms with Crippen LogP contribution in [-0.4, -0.2) is 136 Å². The van der Waals surface area contributed by atoms with Crippen LogP contribution in [0.5, 0.6) is 23.0 Å². The predicted molar refractivity (Wildman–Crippen MR) is 434 cm³/mol. The van der Waals surface area contributed by atoms with Crippen LogP contribution in [0.3, 0.4) is 0 Å². The maximum absolute atomic E-state index is 13.9. The van der Waals surface area contributed by atoms with Gasteiger partial charge in [-0.25, -0.2) is 31.5 Å². The minimum absolute atomic E-state index is 0.0220. The highest BCUT2D eigenvalue weighted by atomic mass is 35.5. The first kappa shape index (κ1) is 84.8. The Balaban J connectivity index is 0.000000154. The third-order valence-electron chi connectivity index (χ3n) is 20.4. The SMILES string of the molecule is CC(C)(C)OC(=O)N1CCN(c2cc3c(cc2O)N(Cc2cccc(F)c2)C(=O)CCC3)CC1.COc1cc2c(cc1Cl)CCCC(=O)N2Cc1cccc(F)c1.COc1cc2c(cc1F)CCCC(=O)N2Cc1cccc(F)c1.COc1cc2c(cc1N1CCN(C(=O)OC(C)(C)C)CC1)CCCC(=O)N2Cc1cccc(F)c1. The van der Waals surface area contributed by atoms with Crippen molar-refractivity contribution in [3.63, 3.8) is 0 Å². The summed E-state index contributed by atoms with van der Waals surface area (Å²) in [7, 11) is 4.56. The number of anilines is 6. The number of hydrogen-bond donors (Lipinski definition) is 1. The van der Waals surface area contributed by atoms with Crippen molar-refractivity contribution in [2.24, 2.45) is 0 Å². The highest BCUT2D eigenvalue weighted by molar-refractivity contribution is 6.32. The maximum atomic E-state index is 13.9. The smallest absolute Gasteiger partial charge is 0.410 e. The fourth-order valence-electron chi connectivity index (χ4n) is 14.8. The van der Waals surface area contributed by atoms with Crippen LogP contribution >= 0.6 is 11.6 Å². The molecule has 0 bridgehead atoms. The number of aryl methyl sites for hydroxylation is 4. The Morgan fingerprint density at radius 1 is 0.374 bits per heavy atom. The largest absolute Gasteiger partial charge is 0.506 e. The molecule has 0 aromatic heterocycles. The summed E-state index contributed by atoms with van der Waals surface area (Å²) in [6.07, 6.45) is 6.86. The average Bonchev–Trinajstić information content (AvgIpc) is 1.78. The Kier molecular flexibility index (Phi) is 28.0. The van der Waals surface area contributed by atoms with Gasteiger partial charge in [-0.2, -0.15) is 0 Å². The number of carbonyl (C=O) groups excluding carboxylic acids is 6. The van der Waals surface area contributed by atoms with Crippen molar-refractivity contribution >= 4 is 81.5 Å². The van der Waals surface area contributed by atoms with Crippen molar-refractivity contribution in [1.82, 2.24) is 9.80 Å². The van der Waals surface area contributed by atoms with E-state index in [2.05, 4.69) is 15.9 Å². The third kappa shape index (κ3) is 22.3. The van der Waals surface area contributed by atoms with Crippen LogP contribution in [0.1, 0.15) is 137 Å². The second kappa shape index (κ2) is 37.9. The molecule has 1 N–H and O–H groups in total. The molecule has 20 nitrogen and oxygen atoms in total. The maximum Gasteiger partial charge on any atom is 0.410 e. The van der Waals surface area contributed by atoms with E-state index < -0.39 is 17.0 Å². The molecule has 115 heavy (non-hydrogen) atoms. The number of piperazine rings is 2. The molecule has 8 aromatic rings. The Morgan fingerprint density at radius 2 is 0.678 bits per heavy atom. The number of amides is 6. The minimum Gasteiger partial charge on any atom is -0.506 e. The van der Waals surface area contributed by atoms with Gasteiger partial charge >= 0.3 is 12.2 Å². The van der Waals surface area contributed by atoms with E-state index in [1.54, 1.807) is 98.2 Å². The molecule has 2 saturated heterocycles. The molecule has 6 amide bonds. The minimum atomic E-state index is -0.543. The normalized spacial score (nSPS) is 15.8. The lowest BCUT2D eigenvalue weighted by atomic mass is 10.0. The zero-order valence-electron chi connectivity index (χ0n) is 66.6. The van der Waals surface area contributed by atoms with Crippen LogP contribution < -0.4 is 43.6 Å². The third-order valence-corrected chi connectivity index (χ3v) is 20.7. The van der Waals surface area contributed by atoms with Crippen molar-refractivity contribution < 1.29 is 79.5 Å². The number of ether oxygens (including phenoxy) is 5. The summed E-state index contributed by atoms with van der Waals surface area (Å²) in [6.45, 7) is 16.8. The Hall–Kier alpha value is -11.1. The van der Waals surface area contributed by atoms with Crippen molar-refractivity contribution in [3.05, 3.63) is 224 Å². The zero-order chi connectivity index (χ0) is 82.4. The summed E-state index contributed by atoms with van der Waals surface area (Å²) in [5.41, 5.74) is 10.2. The van der Waals surface area contributed by atoms with Crippen molar-refractivity contribution in [2.45, 2.75) is 156 Å². The highest BCUT2D eigenvalue weighted by Gasteiger charge is 2.34. The monoisotopic (exact) mass is 1600 g/mol. The zero-order valence-corrected chi connectivity index (χ0v) is 67.4. The number of benzene rings is 8. The van der Waals surface area contributed by atoms with E-state index in [-0.39, 0.29) is 83.7 Å². The Labute approximate surface area is 673 Å². The first-order valence-electron chi connectivity index (χ1n) is 38.9. The molecule has 0 radical (unpaired) electrons. The van der Waals surface area contributed by atoms with Crippen molar-refractivity contribution in [2.75, 3.05) is 103 Å². The van der Waals surface area contributed by atoms with Gasteiger partial charge in [0, 0.05) is 102 Å². The van der Waals surface area contributed by atoms with Gasteiger partial charge in [0.05, 0.1) is 86.7 Å². The molecule has 14 rings (SSSR count). The molecule has 6 heterocycles. The fraction of sp³-hybridized carbons (Fsp3) is 0.393. The lowest BCUT2D eigenvalue weighted by Gasteiger charge is -2.37. The number of fused-ring (bicyclic) bond motifs is 4. The number of rotatable bonds is 13. The predicted octanol–water partition coefficient (Wildman–Crippen LogP) is 17.4. The topological polar surface area (TPSA) is 195 Å². The van der Waals surface area contributed by atoms with E-state index >= 15 is 0 Å². The fourth-order valence-corrected chi connectivity index (χ4v) is 15.1. The summed E-state index contributed by atoms with van der Waals surface area (Å²) < 4.78 is 95.3. The average molecular weight is 1600 g/mol. The summed E-state index contributed by atoms with van der Waals surface area (Å²) in [6, 6.07) is 39.3. The van der Waals surface area contributed by atoms with Gasteiger partial charge in [0.1, 0.15) is 51.7 Å². The standard InChI is InChI=1S/C27H34FN3O4.C26H32FN3O4.C18H17ClFNO2.C18H17F2NO2/c1-27(2,3)35-26(33)30-13-11-29(12-14-30)23-16-20-8-6-10-25(32)31(22(20)17-24(23)34-4)18-19-7-5-9-21(28)15-19;1-26(2,3)34-25(33)29-12-10-28(11-13-29)22-15-19-7-5-9-24(32)30(21(19)16-23(22)31)17-18-6-4-8-20(27)14-18;1-23-17-10-16-13(9-15(17)19)5-3-7-18(22)21(16)11-12-4-2-6-14(20)8-12;1-23-17-10-16-13(9-15(17)20)5-3-7-18(22)21(16)11-12-4-2-6-14(19)8-12/h5,7,9,15-17H,6,8,10-14,18H2,1-4H3;4,6,8,14-16,31H,5,7,9-13,17H2,1-3H3;2*2,4,6,8-10H,3,5,7,11H2,1H3. The van der Waals surface area contributed by atoms with Gasteiger partial charge in [-0.15, -0.1) is 0 Å². The number of phenols is 1. The van der Waals surface area contributed by atoms with E-state index in [0.717, 1.165) is 76.1 Å². The van der Waals surface area contributed by atoms with Gasteiger partial charge in [-0.3, -0.25) is 19.2 Å². The molecule has 610 valence electrons. The highest BCUT2D eigenvalue weighted by Crippen LogP contribution is 2.43. The van der Waals surface area contributed by atoms with Gasteiger partial charge in [0.15, 0.2) is 11.6 Å².